The number of ether oxygens (including phenoxy) is 1. The first-order chi connectivity index (χ1) is 9.86. The molecule has 7 heteroatoms. The average molecular weight is 296 g/mol. The van der Waals surface area contributed by atoms with Crippen molar-refractivity contribution in [2.75, 3.05) is 18.5 Å². The standard InChI is InChI=1S/C14H20N2O5/c1-4-21-8-13(9(2)3)15-12-7-10(16(19)20)5-6-11(12)14(17)18/h5-7,9,13,15H,4,8H2,1-3H3,(H,17,18). The van der Waals surface area contributed by atoms with Crippen LogP contribution in [0.5, 0.6) is 0 Å². The van der Waals surface area contributed by atoms with E-state index in [0.717, 1.165) is 0 Å². The molecular formula is C14H20N2O5. The maximum Gasteiger partial charge on any atom is 0.337 e. The first kappa shape index (κ1) is 16.9. The third kappa shape index (κ3) is 4.71. The first-order valence-electron chi connectivity index (χ1n) is 6.72. The molecule has 0 radical (unpaired) electrons. The van der Waals surface area contributed by atoms with E-state index in [1.54, 1.807) is 0 Å². The zero-order chi connectivity index (χ0) is 16.0. The molecule has 2 N–H and O–H groups in total. The Balaban J connectivity index is 3.09. The summed E-state index contributed by atoms with van der Waals surface area (Å²) in [5.74, 6) is -0.955. The Bertz CT molecular complexity index is 516. The number of nitro benzene ring substituents is 1. The molecule has 0 spiro atoms. The number of nitrogens with one attached hydrogen (secondary N) is 1. The summed E-state index contributed by atoms with van der Waals surface area (Å²) >= 11 is 0. The molecule has 0 saturated carbocycles. The van der Waals surface area contributed by atoms with Gasteiger partial charge in [0, 0.05) is 18.7 Å². The van der Waals surface area contributed by atoms with Gasteiger partial charge < -0.3 is 15.2 Å². The number of hydrogen-bond donors (Lipinski definition) is 2. The Morgan fingerprint density at radius 2 is 2.14 bits per heavy atom. The van der Waals surface area contributed by atoms with Gasteiger partial charge in [-0.1, -0.05) is 13.8 Å². The predicted molar refractivity (Wildman–Crippen MR) is 78.8 cm³/mol. The molecule has 0 aromatic heterocycles. The number of non-ortho nitro benzene ring substituents is 1. The number of carboxylic acid groups (broad SMARTS) is 1. The minimum Gasteiger partial charge on any atom is -0.478 e. The second kappa shape index (κ2) is 7.58. The molecule has 0 saturated heterocycles. The van der Waals surface area contributed by atoms with Crippen molar-refractivity contribution in [1.82, 2.24) is 0 Å². The highest BCUT2D eigenvalue weighted by Gasteiger charge is 2.20. The number of nitro groups is 1. The van der Waals surface area contributed by atoms with Crippen molar-refractivity contribution in [2.24, 2.45) is 5.92 Å². The third-order valence-electron chi connectivity index (χ3n) is 3.09. The molecule has 0 fully saturated rings. The number of benzene rings is 1. The Labute approximate surface area is 123 Å². The van der Waals surface area contributed by atoms with Crippen LogP contribution in [0.25, 0.3) is 0 Å². The van der Waals surface area contributed by atoms with Gasteiger partial charge in [-0.05, 0) is 18.9 Å². The number of anilines is 1. The van der Waals surface area contributed by atoms with E-state index >= 15 is 0 Å². The largest absolute Gasteiger partial charge is 0.478 e. The highest BCUT2D eigenvalue weighted by Crippen LogP contribution is 2.24. The van der Waals surface area contributed by atoms with Gasteiger partial charge in [-0.15, -0.1) is 0 Å². The summed E-state index contributed by atoms with van der Waals surface area (Å²) < 4.78 is 5.36. The summed E-state index contributed by atoms with van der Waals surface area (Å²) in [5, 5.41) is 23.1. The quantitative estimate of drug-likeness (QED) is 0.565. The van der Waals surface area contributed by atoms with Gasteiger partial charge in [0.15, 0.2) is 0 Å². The van der Waals surface area contributed by atoms with Crippen molar-refractivity contribution in [3.05, 3.63) is 33.9 Å². The van der Waals surface area contributed by atoms with Crippen LogP contribution in [-0.2, 0) is 4.74 Å². The monoisotopic (exact) mass is 296 g/mol. The summed E-state index contributed by atoms with van der Waals surface area (Å²) in [6.45, 7) is 6.75. The topological polar surface area (TPSA) is 102 Å². The minimum absolute atomic E-state index is 0.00254. The van der Waals surface area contributed by atoms with Gasteiger partial charge in [0.1, 0.15) is 0 Å². The number of carboxylic acids is 1. The summed E-state index contributed by atoms with van der Waals surface area (Å²) in [6.07, 6.45) is 0. The lowest BCUT2D eigenvalue weighted by molar-refractivity contribution is -0.384. The minimum atomic E-state index is -1.13. The van der Waals surface area contributed by atoms with E-state index in [2.05, 4.69) is 5.32 Å². The number of hydrogen-bond acceptors (Lipinski definition) is 5. The van der Waals surface area contributed by atoms with Gasteiger partial charge in [-0.2, -0.15) is 0 Å². The van der Waals surface area contributed by atoms with Crippen molar-refractivity contribution in [3.63, 3.8) is 0 Å². The summed E-state index contributed by atoms with van der Waals surface area (Å²) in [6, 6.07) is 3.53. The van der Waals surface area contributed by atoms with Gasteiger partial charge in [0.25, 0.3) is 5.69 Å². The fourth-order valence-electron chi connectivity index (χ4n) is 1.80. The number of nitrogens with zero attached hydrogens (tertiary/aromatic N) is 1. The van der Waals surface area contributed by atoms with E-state index in [1.807, 2.05) is 20.8 Å². The molecule has 21 heavy (non-hydrogen) atoms. The maximum absolute atomic E-state index is 11.2. The van der Waals surface area contributed by atoms with E-state index in [0.29, 0.717) is 13.2 Å². The predicted octanol–water partition coefficient (Wildman–Crippen LogP) is 2.77. The molecule has 1 rings (SSSR count). The van der Waals surface area contributed by atoms with E-state index in [-0.39, 0.29) is 28.9 Å². The molecule has 7 nitrogen and oxygen atoms in total. The zero-order valence-electron chi connectivity index (χ0n) is 12.3. The molecule has 1 atom stereocenters. The summed E-state index contributed by atoms with van der Waals surface area (Å²) in [5.41, 5.74) is 0.0827. The SMILES string of the molecule is CCOCC(Nc1cc([N+](=O)[O-])ccc1C(=O)O)C(C)C. The Hall–Kier alpha value is -2.15. The van der Waals surface area contributed by atoms with Gasteiger partial charge in [0.2, 0.25) is 0 Å². The van der Waals surface area contributed by atoms with Crippen LogP contribution in [0.4, 0.5) is 11.4 Å². The van der Waals surface area contributed by atoms with Crippen LogP contribution in [0.15, 0.2) is 18.2 Å². The van der Waals surface area contributed by atoms with Crippen molar-refractivity contribution >= 4 is 17.3 Å². The van der Waals surface area contributed by atoms with Crippen molar-refractivity contribution in [1.29, 1.82) is 0 Å². The second-order valence-electron chi connectivity index (χ2n) is 4.95. The second-order valence-corrected chi connectivity index (χ2v) is 4.95. The molecule has 0 aliphatic carbocycles. The lowest BCUT2D eigenvalue weighted by Crippen LogP contribution is -2.31. The fraction of sp³-hybridized carbons (Fsp3) is 0.500. The number of aromatic carboxylic acids is 1. The zero-order valence-corrected chi connectivity index (χ0v) is 12.3. The third-order valence-corrected chi connectivity index (χ3v) is 3.09. The molecule has 0 heterocycles. The summed E-state index contributed by atoms with van der Waals surface area (Å²) in [4.78, 5) is 21.5. The molecule has 0 aliphatic rings. The van der Waals surface area contributed by atoms with Gasteiger partial charge in [-0.25, -0.2) is 4.79 Å². The molecule has 0 bridgehead atoms. The van der Waals surface area contributed by atoms with Crippen LogP contribution in [0, 0.1) is 16.0 Å². The Morgan fingerprint density at radius 1 is 1.48 bits per heavy atom. The normalized spacial score (nSPS) is 12.2. The molecule has 1 aromatic rings. The smallest absolute Gasteiger partial charge is 0.337 e. The van der Waals surface area contributed by atoms with E-state index in [1.165, 1.54) is 18.2 Å². The van der Waals surface area contributed by atoms with Crippen molar-refractivity contribution in [3.8, 4) is 0 Å². The van der Waals surface area contributed by atoms with Crippen LogP contribution < -0.4 is 5.32 Å². The van der Waals surface area contributed by atoms with Crippen LogP contribution in [0.1, 0.15) is 31.1 Å². The van der Waals surface area contributed by atoms with E-state index in [4.69, 9.17) is 4.74 Å². The number of carbonyl (C=O) groups is 1. The first-order valence-corrected chi connectivity index (χ1v) is 6.72. The molecule has 1 unspecified atom stereocenters. The molecule has 116 valence electrons. The fourth-order valence-corrected chi connectivity index (χ4v) is 1.80. The number of rotatable bonds is 8. The van der Waals surface area contributed by atoms with Crippen LogP contribution in [-0.4, -0.2) is 35.3 Å². The average Bonchev–Trinajstić information content (AvgIpc) is 2.42. The highest BCUT2D eigenvalue weighted by atomic mass is 16.6. The molecule has 0 aliphatic heterocycles. The van der Waals surface area contributed by atoms with Crippen molar-refractivity contribution < 1.29 is 19.6 Å². The van der Waals surface area contributed by atoms with E-state index in [9.17, 15) is 20.0 Å². The van der Waals surface area contributed by atoms with Gasteiger partial charge in [-0.3, -0.25) is 10.1 Å². The van der Waals surface area contributed by atoms with Crippen LogP contribution in [0.3, 0.4) is 0 Å². The van der Waals surface area contributed by atoms with E-state index < -0.39 is 10.9 Å². The lowest BCUT2D eigenvalue weighted by Gasteiger charge is -2.24. The van der Waals surface area contributed by atoms with Crippen LogP contribution >= 0.6 is 0 Å². The Kier molecular flexibility index (Phi) is 6.10. The molecule has 1 aromatic carbocycles. The highest BCUT2D eigenvalue weighted by molar-refractivity contribution is 5.94. The summed E-state index contributed by atoms with van der Waals surface area (Å²) in [7, 11) is 0. The molecular weight excluding hydrogens is 276 g/mol. The molecule has 0 amide bonds. The van der Waals surface area contributed by atoms with Gasteiger partial charge in [0.05, 0.1) is 28.8 Å². The lowest BCUT2D eigenvalue weighted by atomic mass is 10.0. The van der Waals surface area contributed by atoms with Crippen LogP contribution in [0.2, 0.25) is 0 Å². The van der Waals surface area contributed by atoms with Gasteiger partial charge >= 0.3 is 5.97 Å². The maximum atomic E-state index is 11.2. The Morgan fingerprint density at radius 3 is 2.62 bits per heavy atom. The van der Waals surface area contributed by atoms with Crippen molar-refractivity contribution in [2.45, 2.75) is 26.8 Å².